The summed E-state index contributed by atoms with van der Waals surface area (Å²) in [7, 11) is 0. The smallest absolute Gasteiger partial charge is 0.336 e. The fourth-order valence-electron chi connectivity index (χ4n) is 3.68. The van der Waals surface area contributed by atoms with Crippen molar-refractivity contribution in [2.24, 2.45) is 0 Å². The third-order valence-electron chi connectivity index (χ3n) is 5.78. The highest BCUT2D eigenvalue weighted by molar-refractivity contribution is 6.06. The van der Waals surface area contributed by atoms with E-state index in [-0.39, 0.29) is 5.78 Å². The highest BCUT2D eigenvalue weighted by Crippen LogP contribution is 2.17. The second-order valence-corrected chi connectivity index (χ2v) is 8.81. The highest BCUT2D eigenvalue weighted by Gasteiger charge is 2.05. The summed E-state index contributed by atoms with van der Waals surface area (Å²) in [5.41, 5.74) is 2.28. The Morgan fingerprint density at radius 3 is 1.79 bits per heavy atom. The molecule has 5 nitrogen and oxygen atoms in total. The number of carbonyl (C=O) groups excluding carboxylic acids is 2. The lowest BCUT2D eigenvalue weighted by molar-refractivity contribution is -0.128. The van der Waals surface area contributed by atoms with Gasteiger partial charge < -0.3 is 14.2 Å². The van der Waals surface area contributed by atoms with E-state index in [1.54, 1.807) is 36.4 Å². The van der Waals surface area contributed by atoms with E-state index in [0.717, 1.165) is 35.7 Å². The molecule has 0 spiro atoms. The van der Waals surface area contributed by atoms with Gasteiger partial charge in [0.1, 0.15) is 17.2 Å². The molecule has 198 valence electrons. The van der Waals surface area contributed by atoms with Crippen molar-refractivity contribution in [2.75, 3.05) is 13.2 Å². The van der Waals surface area contributed by atoms with Crippen LogP contribution < -0.4 is 14.2 Å². The van der Waals surface area contributed by atoms with Crippen LogP contribution in [0.4, 0.5) is 0 Å². The zero-order chi connectivity index (χ0) is 27.0. The fourth-order valence-corrected chi connectivity index (χ4v) is 3.68. The number of carbonyl (C=O) groups is 2. The Morgan fingerprint density at radius 2 is 1.18 bits per heavy atom. The SMILES string of the molecule is CCCCCCCOc1ccc(/C=C/C(=O)c2ccc(OC(=O)/C=C/c3ccc(OCC)cc3)cc2)cc1. The van der Waals surface area contributed by atoms with E-state index in [0.29, 0.717) is 17.9 Å². The summed E-state index contributed by atoms with van der Waals surface area (Å²) in [4.78, 5) is 24.7. The zero-order valence-corrected chi connectivity index (χ0v) is 22.2. The van der Waals surface area contributed by atoms with Gasteiger partial charge in [0.2, 0.25) is 0 Å². The normalized spacial score (nSPS) is 11.1. The number of ketones is 1. The van der Waals surface area contributed by atoms with Gasteiger partial charge in [0.25, 0.3) is 0 Å². The first-order valence-corrected chi connectivity index (χ1v) is 13.3. The molecule has 0 radical (unpaired) electrons. The van der Waals surface area contributed by atoms with E-state index in [4.69, 9.17) is 14.2 Å². The first-order chi connectivity index (χ1) is 18.6. The van der Waals surface area contributed by atoms with Crippen LogP contribution in [0.25, 0.3) is 12.2 Å². The summed E-state index contributed by atoms with van der Waals surface area (Å²) in [6.45, 7) is 5.46. The fraction of sp³-hybridized carbons (Fsp3) is 0.273. The minimum atomic E-state index is -0.498. The van der Waals surface area contributed by atoms with E-state index >= 15 is 0 Å². The summed E-state index contributed by atoms with van der Waals surface area (Å²) >= 11 is 0. The standard InChI is InChI=1S/C33H36O5/c1-3-5-6-7-8-25-37-30-19-11-26(12-20-30)13-23-32(34)28-15-21-31(22-16-28)38-33(35)24-14-27-9-17-29(18-10-27)36-4-2/h9-24H,3-8,25H2,1-2H3/b23-13+,24-14+. The number of rotatable bonds is 15. The molecule has 0 saturated carbocycles. The van der Waals surface area contributed by atoms with Gasteiger partial charge in [-0.25, -0.2) is 4.79 Å². The molecule has 0 aliphatic heterocycles. The molecule has 0 heterocycles. The third kappa shape index (κ3) is 10.1. The molecule has 0 bridgehead atoms. The zero-order valence-electron chi connectivity index (χ0n) is 22.2. The van der Waals surface area contributed by atoms with Crippen LogP contribution in [-0.2, 0) is 4.79 Å². The minimum Gasteiger partial charge on any atom is -0.494 e. The molecule has 0 saturated heterocycles. The van der Waals surface area contributed by atoms with E-state index in [1.807, 2.05) is 55.5 Å². The van der Waals surface area contributed by atoms with Crippen molar-refractivity contribution in [1.82, 2.24) is 0 Å². The Morgan fingerprint density at radius 1 is 0.632 bits per heavy atom. The second-order valence-electron chi connectivity index (χ2n) is 8.81. The van der Waals surface area contributed by atoms with Crippen molar-refractivity contribution in [3.05, 3.63) is 102 Å². The molecular formula is C33H36O5. The minimum absolute atomic E-state index is 0.134. The molecule has 38 heavy (non-hydrogen) atoms. The lowest BCUT2D eigenvalue weighted by Gasteiger charge is -2.06. The number of ether oxygens (including phenoxy) is 3. The van der Waals surface area contributed by atoms with Gasteiger partial charge in [-0.1, -0.05) is 62.9 Å². The Balaban J connectivity index is 1.44. The van der Waals surface area contributed by atoms with Crippen LogP contribution in [0, 0.1) is 0 Å². The first kappa shape index (κ1) is 28.5. The topological polar surface area (TPSA) is 61.8 Å². The van der Waals surface area contributed by atoms with Crippen LogP contribution in [0.2, 0.25) is 0 Å². The summed E-state index contributed by atoms with van der Waals surface area (Å²) in [5, 5.41) is 0. The first-order valence-electron chi connectivity index (χ1n) is 13.3. The van der Waals surface area contributed by atoms with Gasteiger partial charge in [0.05, 0.1) is 13.2 Å². The Hall–Kier alpha value is -4.12. The van der Waals surface area contributed by atoms with Crippen molar-refractivity contribution in [3.63, 3.8) is 0 Å². The van der Waals surface area contributed by atoms with Crippen LogP contribution in [0.5, 0.6) is 17.2 Å². The summed E-state index contributed by atoms with van der Waals surface area (Å²) < 4.78 is 16.5. The molecule has 3 rings (SSSR count). The maximum atomic E-state index is 12.6. The molecule has 3 aromatic carbocycles. The van der Waals surface area contributed by atoms with Gasteiger partial charge in [0.15, 0.2) is 5.78 Å². The second kappa shape index (κ2) is 15.9. The van der Waals surface area contributed by atoms with Gasteiger partial charge in [-0.15, -0.1) is 0 Å². The molecule has 0 aliphatic rings. The van der Waals surface area contributed by atoms with Gasteiger partial charge in [0, 0.05) is 11.6 Å². The molecule has 0 aromatic heterocycles. The maximum absolute atomic E-state index is 12.6. The van der Waals surface area contributed by atoms with Crippen LogP contribution in [0.1, 0.15) is 67.4 Å². The Labute approximate surface area is 225 Å². The van der Waals surface area contributed by atoms with Crippen molar-refractivity contribution in [3.8, 4) is 17.2 Å². The average molecular weight is 513 g/mol. The molecule has 0 fully saturated rings. The van der Waals surface area contributed by atoms with E-state index in [1.165, 1.54) is 37.8 Å². The number of allylic oxidation sites excluding steroid dienone is 1. The molecular weight excluding hydrogens is 476 g/mol. The number of benzene rings is 3. The third-order valence-corrected chi connectivity index (χ3v) is 5.78. The highest BCUT2D eigenvalue weighted by atomic mass is 16.5. The van der Waals surface area contributed by atoms with Gasteiger partial charge in [-0.3, -0.25) is 4.79 Å². The largest absolute Gasteiger partial charge is 0.494 e. The van der Waals surface area contributed by atoms with Crippen molar-refractivity contribution >= 4 is 23.9 Å². The van der Waals surface area contributed by atoms with Crippen molar-refractivity contribution in [2.45, 2.75) is 46.0 Å². The number of unbranched alkanes of at least 4 members (excludes halogenated alkanes) is 4. The van der Waals surface area contributed by atoms with Crippen molar-refractivity contribution in [1.29, 1.82) is 0 Å². The lowest BCUT2D eigenvalue weighted by atomic mass is 10.1. The molecule has 0 amide bonds. The lowest BCUT2D eigenvalue weighted by Crippen LogP contribution is -2.04. The van der Waals surface area contributed by atoms with Crippen LogP contribution in [0.3, 0.4) is 0 Å². The Kier molecular flexibility index (Phi) is 11.9. The van der Waals surface area contributed by atoms with Crippen LogP contribution in [0.15, 0.2) is 84.9 Å². The van der Waals surface area contributed by atoms with Crippen molar-refractivity contribution < 1.29 is 23.8 Å². The maximum Gasteiger partial charge on any atom is 0.336 e. The quantitative estimate of drug-likeness (QED) is 0.0680. The number of hydrogen-bond donors (Lipinski definition) is 0. The summed E-state index contributed by atoms with van der Waals surface area (Å²) in [6, 6.07) is 21.6. The molecule has 0 N–H and O–H groups in total. The van der Waals surface area contributed by atoms with E-state index in [2.05, 4.69) is 6.92 Å². The van der Waals surface area contributed by atoms with Crippen LogP contribution in [-0.4, -0.2) is 25.0 Å². The van der Waals surface area contributed by atoms with Gasteiger partial charge >= 0.3 is 5.97 Å². The molecule has 0 unspecified atom stereocenters. The monoisotopic (exact) mass is 512 g/mol. The average Bonchev–Trinajstić information content (AvgIpc) is 2.94. The molecule has 0 atom stereocenters. The molecule has 0 aliphatic carbocycles. The Bertz CT molecular complexity index is 1190. The number of hydrogen-bond acceptors (Lipinski definition) is 5. The molecule has 5 heteroatoms. The van der Waals surface area contributed by atoms with Crippen LogP contribution >= 0.6 is 0 Å². The van der Waals surface area contributed by atoms with E-state index < -0.39 is 5.97 Å². The summed E-state index contributed by atoms with van der Waals surface area (Å²) in [6.07, 6.45) is 12.4. The predicted octanol–water partition coefficient (Wildman–Crippen LogP) is 7.95. The van der Waals surface area contributed by atoms with E-state index in [9.17, 15) is 9.59 Å². The molecule has 3 aromatic rings. The predicted molar refractivity (Wildman–Crippen MR) is 153 cm³/mol. The number of esters is 1. The van der Waals surface area contributed by atoms with Gasteiger partial charge in [-0.2, -0.15) is 0 Å². The summed E-state index contributed by atoms with van der Waals surface area (Å²) in [5.74, 6) is 1.35. The van der Waals surface area contributed by atoms with Gasteiger partial charge in [-0.05, 0) is 85.2 Å².